The quantitative estimate of drug-likeness (QED) is 0.426. The van der Waals surface area contributed by atoms with Crippen LogP contribution in [0.1, 0.15) is 45.2 Å². The zero-order valence-electron chi connectivity index (χ0n) is 16.8. The van der Waals surface area contributed by atoms with E-state index < -0.39 is 0 Å². The lowest BCUT2D eigenvalue weighted by atomic mass is 9.99. The van der Waals surface area contributed by atoms with Crippen LogP contribution >= 0.6 is 23.2 Å². The van der Waals surface area contributed by atoms with E-state index in [1.165, 1.54) is 19.3 Å². The van der Waals surface area contributed by atoms with E-state index in [4.69, 9.17) is 27.9 Å². The normalized spacial score (nSPS) is 12.5. The monoisotopic (exact) mass is 420 g/mol. The maximum atomic E-state index is 6.05. The van der Waals surface area contributed by atoms with Crippen molar-refractivity contribution in [1.82, 2.24) is 19.5 Å². The largest absolute Gasteiger partial charge is 0.497 e. The Balaban J connectivity index is 2.18. The SMILES string of the molecule is CCCCC(CC)Cn1c(C)c(-c2nc(Cl)nc(Cl)n2)c2cc(OC)ccc21. The highest BCUT2D eigenvalue weighted by atomic mass is 35.5. The molecule has 28 heavy (non-hydrogen) atoms. The van der Waals surface area contributed by atoms with Crippen molar-refractivity contribution < 1.29 is 4.74 Å². The van der Waals surface area contributed by atoms with Gasteiger partial charge in [-0.2, -0.15) is 15.0 Å². The molecule has 1 atom stereocenters. The van der Waals surface area contributed by atoms with E-state index in [2.05, 4.69) is 46.4 Å². The Hall–Kier alpha value is -1.85. The molecule has 0 fully saturated rings. The van der Waals surface area contributed by atoms with Gasteiger partial charge in [-0.15, -0.1) is 0 Å². The fourth-order valence-corrected chi connectivity index (χ4v) is 4.08. The van der Waals surface area contributed by atoms with E-state index in [9.17, 15) is 0 Å². The first-order valence-electron chi connectivity index (χ1n) is 9.72. The van der Waals surface area contributed by atoms with Gasteiger partial charge in [-0.05, 0) is 60.7 Å². The summed E-state index contributed by atoms with van der Waals surface area (Å²) >= 11 is 12.1. The summed E-state index contributed by atoms with van der Waals surface area (Å²) in [6.45, 7) is 7.55. The molecule has 0 aliphatic carbocycles. The van der Waals surface area contributed by atoms with E-state index in [1.807, 2.05) is 12.1 Å². The van der Waals surface area contributed by atoms with Crippen molar-refractivity contribution in [3.05, 3.63) is 34.5 Å². The summed E-state index contributed by atoms with van der Waals surface area (Å²) in [7, 11) is 1.67. The summed E-state index contributed by atoms with van der Waals surface area (Å²) in [6, 6.07) is 6.11. The number of rotatable bonds is 8. The van der Waals surface area contributed by atoms with Crippen molar-refractivity contribution in [1.29, 1.82) is 0 Å². The van der Waals surface area contributed by atoms with Crippen LogP contribution in [0, 0.1) is 12.8 Å². The number of aromatic nitrogens is 4. The molecule has 0 spiro atoms. The van der Waals surface area contributed by atoms with Crippen LogP contribution in [0.2, 0.25) is 10.6 Å². The van der Waals surface area contributed by atoms with E-state index in [0.717, 1.165) is 40.9 Å². The van der Waals surface area contributed by atoms with Crippen molar-refractivity contribution in [2.45, 2.75) is 53.0 Å². The summed E-state index contributed by atoms with van der Waals surface area (Å²) in [6.07, 6.45) is 4.83. The Labute approximate surface area is 176 Å². The molecule has 5 nitrogen and oxygen atoms in total. The molecule has 150 valence electrons. The Morgan fingerprint density at radius 3 is 2.43 bits per heavy atom. The van der Waals surface area contributed by atoms with Crippen molar-refractivity contribution in [3.63, 3.8) is 0 Å². The highest BCUT2D eigenvalue weighted by Gasteiger charge is 2.21. The Kier molecular flexibility index (Phi) is 6.78. The molecule has 0 radical (unpaired) electrons. The first kappa shape index (κ1) is 20.9. The molecule has 2 heterocycles. The smallest absolute Gasteiger partial charge is 0.227 e. The summed E-state index contributed by atoms with van der Waals surface area (Å²) in [5.74, 6) is 1.89. The fraction of sp³-hybridized carbons (Fsp3) is 0.476. The minimum absolute atomic E-state index is 0.0903. The third-order valence-corrected chi connectivity index (χ3v) is 5.66. The molecule has 0 aliphatic heterocycles. The summed E-state index contributed by atoms with van der Waals surface area (Å²) in [4.78, 5) is 12.6. The molecule has 7 heteroatoms. The topological polar surface area (TPSA) is 52.8 Å². The number of halogens is 2. The van der Waals surface area contributed by atoms with Crippen molar-refractivity contribution in [2.24, 2.45) is 5.92 Å². The van der Waals surface area contributed by atoms with Gasteiger partial charge in [0.1, 0.15) is 5.75 Å². The number of ether oxygens (including phenoxy) is 1. The molecule has 0 N–H and O–H groups in total. The van der Waals surface area contributed by atoms with E-state index in [0.29, 0.717) is 11.7 Å². The van der Waals surface area contributed by atoms with Gasteiger partial charge in [0, 0.05) is 28.7 Å². The standard InChI is InChI=1S/C21H26Cl2N4O/c1-5-7-8-14(6-2)12-27-13(3)18(19-24-20(22)26-21(23)25-19)16-11-15(28-4)9-10-17(16)27/h9-11,14H,5-8,12H2,1-4H3. The second-order valence-electron chi connectivity index (χ2n) is 7.07. The molecule has 0 bridgehead atoms. The summed E-state index contributed by atoms with van der Waals surface area (Å²) in [5.41, 5.74) is 3.15. The number of unbranched alkanes of at least 4 members (excludes halogenated alkanes) is 1. The van der Waals surface area contributed by atoms with Crippen molar-refractivity contribution >= 4 is 34.1 Å². The zero-order valence-corrected chi connectivity index (χ0v) is 18.3. The lowest BCUT2D eigenvalue weighted by Gasteiger charge is -2.18. The average molecular weight is 421 g/mol. The predicted octanol–water partition coefficient (Wildman–Crippen LogP) is 6.33. The molecule has 1 unspecified atom stereocenters. The van der Waals surface area contributed by atoms with Crippen LogP contribution in [0.4, 0.5) is 0 Å². The van der Waals surface area contributed by atoms with Crippen LogP contribution in [0.3, 0.4) is 0 Å². The minimum Gasteiger partial charge on any atom is -0.497 e. The number of nitrogens with zero attached hydrogens (tertiary/aromatic N) is 4. The zero-order chi connectivity index (χ0) is 20.3. The van der Waals surface area contributed by atoms with Crippen molar-refractivity contribution in [2.75, 3.05) is 7.11 Å². The molecule has 1 aromatic carbocycles. The maximum absolute atomic E-state index is 6.05. The van der Waals surface area contributed by atoms with Crippen LogP contribution in [-0.4, -0.2) is 26.6 Å². The van der Waals surface area contributed by atoms with Gasteiger partial charge >= 0.3 is 0 Å². The number of hydrogen-bond donors (Lipinski definition) is 0. The van der Waals surface area contributed by atoms with E-state index in [1.54, 1.807) is 7.11 Å². The van der Waals surface area contributed by atoms with Gasteiger partial charge in [-0.3, -0.25) is 0 Å². The van der Waals surface area contributed by atoms with Gasteiger partial charge in [0.15, 0.2) is 5.82 Å². The minimum atomic E-state index is 0.0903. The molecular weight excluding hydrogens is 395 g/mol. The van der Waals surface area contributed by atoms with Crippen LogP contribution in [-0.2, 0) is 6.54 Å². The van der Waals surface area contributed by atoms with Gasteiger partial charge in [0.05, 0.1) is 7.11 Å². The lowest BCUT2D eigenvalue weighted by molar-refractivity contribution is 0.393. The first-order valence-corrected chi connectivity index (χ1v) is 10.5. The Morgan fingerprint density at radius 1 is 1.11 bits per heavy atom. The Morgan fingerprint density at radius 2 is 1.82 bits per heavy atom. The summed E-state index contributed by atoms with van der Waals surface area (Å²) < 4.78 is 7.81. The lowest BCUT2D eigenvalue weighted by Crippen LogP contribution is -2.11. The van der Waals surface area contributed by atoms with Gasteiger partial charge < -0.3 is 9.30 Å². The molecule has 3 rings (SSSR count). The maximum Gasteiger partial charge on any atom is 0.227 e. The second-order valence-corrected chi connectivity index (χ2v) is 7.74. The van der Waals surface area contributed by atoms with E-state index >= 15 is 0 Å². The molecule has 0 saturated carbocycles. The van der Waals surface area contributed by atoms with E-state index in [-0.39, 0.29) is 10.6 Å². The van der Waals surface area contributed by atoms with Crippen LogP contribution in [0.25, 0.3) is 22.3 Å². The first-order chi connectivity index (χ1) is 13.5. The molecule has 0 amide bonds. The third-order valence-electron chi connectivity index (χ3n) is 5.32. The number of methoxy groups -OCH3 is 1. The van der Waals surface area contributed by atoms with Crippen molar-refractivity contribution in [3.8, 4) is 17.1 Å². The Bertz CT molecular complexity index is 950. The number of fused-ring (bicyclic) bond motifs is 1. The van der Waals surface area contributed by atoms with Crippen LogP contribution < -0.4 is 4.74 Å². The second kappa shape index (κ2) is 9.10. The fourth-order valence-electron chi connectivity index (χ4n) is 3.72. The summed E-state index contributed by atoms with van der Waals surface area (Å²) in [5, 5.41) is 1.21. The predicted molar refractivity (Wildman–Crippen MR) is 115 cm³/mol. The molecule has 0 aliphatic rings. The average Bonchev–Trinajstić information content (AvgIpc) is 2.94. The van der Waals surface area contributed by atoms with Crippen LogP contribution in [0.15, 0.2) is 18.2 Å². The number of hydrogen-bond acceptors (Lipinski definition) is 4. The highest BCUT2D eigenvalue weighted by molar-refractivity contribution is 6.31. The van der Waals surface area contributed by atoms with Gasteiger partial charge in [-0.25, -0.2) is 0 Å². The molecule has 2 aromatic heterocycles. The van der Waals surface area contributed by atoms with Gasteiger partial charge in [-0.1, -0.05) is 33.1 Å². The molecule has 0 saturated heterocycles. The third kappa shape index (κ3) is 4.26. The molecular formula is C21H26Cl2N4O. The molecule has 3 aromatic rings. The van der Waals surface area contributed by atoms with Crippen LogP contribution in [0.5, 0.6) is 5.75 Å². The van der Waals surface area contributed by atoms with Gasteiger partial charge in [0.2, 0.25) is 10.6 Å². The number of benzene rings is 1. The van der Waals surface area contributed by atoms with Gasteiger partial charge in [0.25, 0.3) is 0 Å². The highest BCUT2D eigenvalue weighted by Crippen LogP contribution is 2.36.